The summed E-state index contributed by atoms with van der Waals surface area (Å²) in [6.45, 7) is 9.28. The highest BCUT2D eigenvalue weighted by atomic mass is 35.5. The number of halogens is 2. The molecule has 4 N–H and O–H groups in total. The second-order valence-electron chi connectivity index (χ2n) is 11.1. The normalized spacial score (nSPS) is 14.4. The van der Waals surface area contributed by atoms with E-state index in [0.717, 1.165) is 54.6 Å². The Kier molecular flexibility index (Phi) is 14.4. The van der Waals surface area contributed by atoms with Crippen molar-refractivity contribution in [1.29, 1.82) is 0 Å². The maximum Gasteiger partial charge on any atom is 0.146 e. The summed E-state index contributed by atoms with van der Waals surface area (Å²) >= 11 is 12.1. The summed E-state index contributed by atoms with van der Waals surface area (Å²) in [6, 6.07) is 27.2. The van der Waals surface area contributed by atoms with Gasteiger partial charge in [-0.05, 0) is 99.2 Å². The molecule has 2 fully saturated rings. The van der Waals surface area contributed by atoms with Gasteiger partial charge in [0.25, 0.3) is 0 Å². The van der Waals surface area contributed by atoms with E-state index in [0.29, 0.717) is 28.9 Å². The highest BCUT2D eigenvalue weighted by molar-refractivity contribution is 6.32. The zero-order valence-corrected chi connectivity index (χ0v) is 28.7. The van der Waals surface area contributed by atoms with Crippen LogP contribution in [0.2, 0.25) is 10.0 Å². The molecule has 0 radical (unpaired) electrons. The van der Waals surface area contributed by atoms with Gasteiger partial charge in [-0.3, -0.25) is 0 Å². The first-order valence-electron chi connectivity index (χ1n) is 16.6. The molecule has 0 bridgehead atoms. The molecule has 6 rings (SSSR count). The molecule has 2 saturated heterocycles. The fourth-order valence-electron chi connectivity index (χ4n) is 5.85. The zero-order valence-electron chi connectivity index (χ0n) is 27.2. The van der Waals surface area contributed by atoms with Gasteiger partial charge in [-0.25, -0.2) is 0 Å². The van der Waals surface area contributed by atoms with Gasteiger partial charge < -0.3 is 30.7 Å². The molecule has 2 heterocycles. The predicted molar refractivity (Wildman–Crippen MR) is 195 cm³/mol. The molecule has 0 spiro atoms. The lowest BCUT2D eigenvalue weighted by molar-refractivity contribution is 0.475. The summed E-state index contributed by atoms with van der Waals surface area (Å²) in [4.78, 5) is 4.82. The number of ether oxygens (including phenoxy) is 2. The molecule has 0 unspecified atom stereocenters. The van der Waals surface area contributed by atoms with Crippen molar-refractivity contribution in [2.45, 2.75) is 65.5 Å². The van der Waals surface area contributed by atoms with Gasteiger partial charge in [0.2, 0.25) is 0 Å². The minimum atomic E-state index is 0.451. The molecule has 0 aliphatic carbocycles. The Morgan fingerprint density at radius 2 is 1.00 bits per heavy atom. The van der Waals surface area contributed by atoms with E-state index < -0.39 is 0 Å². The number of piperidine rings is 2. The van der Waals surface area contributed by atoms with Gasteiger partial charge in [-0.15, -0.1) is 0 Å². The number of anilines is 2. The van der Waals surface area contributed by atoms with Gasteiger partial charge in [-0.1, -0.05) is 61.3 Å². The molecule has 2 aliphatic rings. The van der Waals surface area contributed by atoms with Crippen LogP contribution >= 0.6 is 23.2 Å². The molecule has 4 aromatic rings. The first-order valence-corrected chi connectivity index (χ1v) is 17.3. The lowest BCUT2D eigenvalue weighted by atomic mass is 10.1. The Bertz CT molecular complexity index is 1490. The maximum absolute atomic E-state index is 6.19. The molecule has 0 saturated carbocycles. The molecule has 2 aliphatic heterocycles. The summed E-state index contributed by atoms with van der Waals surface area (Å²) in [7, 11) is 0. The number of nitrogens with zero attached hydrogens (tertiary/aromatic N) is 2. The molecule has 246 valence electrons. The highest BCUT2D eigenvalue weighted by Gasteiger charge is 2.19. The van der Waals surface area contributed by atoms with Crippen LogP contribution in [0.25, 0.3) is 0 Å². The van der Waals surface area contributed by atoms with Gasteiger partial charge in [0.1, 0.15) is 23.0 Å². The van der Waals surface area contributed by atoms with Crippen molar-refractivity contribution in [3.8, 4) is 23.0 Å². The summed E-state index contributed by atoms with van der Waals surface area (Å²) in [5.41, 5.74) is 16.5. The van der Waals surface area contributed by atoms with Crippen LogP contribution in [0.15, 0.2) is 84.9 Å². The van der Waals surface area contributed by atoms with Crippen LogP contribution in [0.5, 0.6) is 23.0 Å². The van der Waals surface area contributed by atoms with E-state index in [2.05, 4.69) is 21.9 Å². The largest absolute Gasteiger partial charge is 0.457 e. The van der Waals surface area contributed by atoms with Crippen molar-refractivity contribution in [2.75, 3.05) is 36.0 Å². The number of para-hydroxylation sites is 1. The van der Waals surface area contributed by atoms with Gasteiger partial charge in [0.15, 0.2) is 0 Å². The van der Waals surface area contributed by atoms with Crippen molar-refractivity contribution >= 4 is 34.6 Å². The second-order valence-corrected chi connectivity index (χ2v) is 11.9. The Morgan fingerprint density at radius 1 is 0.543 bits per heavy atom. The third kappa shape index (κ3) is 9.55. The molecule has 0 aromatic heterocycles. The fourth-order valence-corrected chi connectivity index (χ4v) is 6.15. The van der Waals surface area contributed by atoms with Gasteiger partial charge in [0.05, 0.1) is 5.02 Å². The Morgan fingerprint density at radius 3 is 1.48 bits per heavy atom. The SMILES string of the molecule is CC.NCc1c(Oc2ccc(Cl)cc2)cccc1N1CCCCC1.NCc1c(Oc2ccccc2Cl)cccc1N1CCCCC1. The molecule has 4 aromatic carbocycles. The third-order valence-corrected chi connectivity index (χ3v) is 8.68. The van der Waals surface area contributed by atoms with Gasteiger partial charge in [0, 0.05) is 66.8 Å². The van der Waals surface area contributed by atoms with Crippen molar-refractivity contribution in [1.82, 2.24) is 0 Å². The van der Waals surface area contributed by atoms with Crippen LogP contribution < -0.4 is 30.7 Å². The third-order valence-electron chi connectivity index (χ3n) is 8.12. The highest BCUT2D eigenvalue weighted by Crippen LogP contribution is 2.36. The van der Waals surface area contributed by atoms with Crippen LogP contribution in [-0.2, 0) is 13.1 Å². The van der Waals surface area contributed by atoms with Crippen LogP contribution in [0, 0.1) is 0 Å². The Hall–Kier alpha value is -3.42. The smallest absolute Gasteiger partial charge is 0.146 e. The van der Waals surface area contributed by atoms with Crippen LogP contribution in [-0.4, -0.2) is 26.2 Å². The van der Waals surface area contributed by atoms with E-state index in [9.17, 15) is 0 Å². The minimum Gasteiger partial charge on any atom is -0.457 e. The van der Waals surface area contributed by atoms with Crippen LogP contribution in [0.1, 0.15) is 63.5 Å². The summed E-state index contributed by atoms with van der Waals surface area (Å²) < 4.78 is 12.0. The molecule has 6 nitrogen and oxygen atoms in total. The quantitative estimate of drug-likeness (QED) is 0.195. The van der Waals surface area contributed by atoms with Crippen molar-refractivity contribution < 1.29 is 9.47 Å². The number of rotatable bonds is 8. The number of hydrogen-bond acceptors (Lipinski definition) is 6. The summed E-state index contributed by atoms with van der Waals surface area (Å²) in [5.74, 6) is 3.05. The minimum absolute atomic E-state index is 0.451. The van der Waals surface area contributed by atoms with E-state index in [1.807, 2.05) is 86.6 Å². The molecular formula is C38H48Cl2N4O2. The monoisotopic (exact) mass is 662 g/mol. The van der Waals surface area contributed by atoms with Crippen molar-refractivity contribution in [3.63, 3.8) is 0 Å². The molecule has 0 amide bonds. The molecular weight excluding hydrogens is 615 g/mol. The maximum atomic E-state index is 6.19. The van der Waals surface area contributed by atoms with Gasteiger partial charge in [-0.2, -0.15) is 0 Å². The Labute approximate surface area is 285 Å². The topological polar surface area (TPSA) is 77.0 Å². The average Bonchev–Trinajstić information content (AvgIpc) is 3.12. The van der Waals surface area contributed by atoms with Crippen LogP contribution in [0.3, 0.4) is 0 Å². The second kappa shape index (κ2) is 18.7. The summed E-state index contributed by atoms with van der Waals surface area (Å²) in [6.07, 6.45) is 7.58. The zero-order chi connectivity index (χ0) is 32.7. The summed E-state index contributed by atoms with van der Waals surface area (Å²) in [5, 5.41) is 1.31. The number of nitrogens with two attached hydrogens (primary N) is 2. The standard InChI is InChI=1S/2C18H21ClN2O.C2H6/c19-15-7-2-3-9-18(15)22-17-10-6-8-16(14(17)13-20)21-11-4-1-5-12-21;19-14-7-9-15(10-8-14)22-18-6-4-5-17(16(18)13-20)21-11-2-1-3-12-21;1-2/h2-3,6-10H,1,4-5,11-13,20H2;4-10H,1-3,11-13,20H2;1-2H3. The average molecular weight is 664 g/mol. The number of benzene rings is 4. The van der Waals surface area contributed by atoms with Crippen molar-refractivity contribution in [2.24, 2.45) is 11.5 Å². The van der Waals surface area contributed by atoms with Crippen molar-refractivity contribution in [3.05, 3.63) is 106 Å². The first kappa shape index (κ1) is 35.4. The number of hydrogen-bond donors (Lipinski definition) is 2. The van der Waals surface area contributed by atoms with E-state index in [4.69, 9.17) is 44.1 Å². The molecule has 8 heteroatoms. The molecule has 0 atom stereocenters. The van der Waals surface area contributed by atoms with Crippen LogP contribution in [0.4, 0.5) is 11.4 Å². The van der Waals surface area contributed by atoms with E-state index in [1.54, 1.807) is 0 Å². The van der Waals surface area contributed by atoms with E-state index >= 15 is 0 Å². The van der Waals surface area contributed by atoms with Gasteiger partial charge >= 0.3 is 0 Å². The van der Waals surface area contributed by atoms with E-state index in [-0.39, 0.29) is 0 Å². The van der Waals surface area contributed by atoms with E-state index in [1.165, 1.54) is 49.9 Å². The first-order chi connectivity index (χ1) is 22.6. The fraction of sp³-hybridized carbons (Fsp3) is 0.368. The lowest BCUT2D eigenvalue weighted by Crippen LogP contribution is -2.30. The Balaban J connectivity index is 0.000000198. The molecule has 46 heavy (non-hydrogen) atoms. The lowest BCUT2D eigenvalue weighted by Gasteiger charge is -2.31. The predicted octanol–water partition coefficient (Wildman–Crippen LogP) is 10.2.